The van der Waals surface area contributed by atoms with Crippen LogP contribution in [-0.2, 0) is 0 Å². The molecule has 0 fully saturated rings. The van der Waals surface area contributed by atoms with Crippen molar-refractivity contribution >= 4 is 0 Å². The molecule has 0 amide bonds. The molecule has 0 heterocycles. The van der Waals surface area contributed by atoms with E-state index in [4.69, 9.17) is 20.4 Å². The van der Waals surface area contributed by atoms with Gasteiger partial charge < -0.3 is 25.7 Å². The predicted octanol–water partition coefficient (Wildman–Crippen LogP) is -2.47. The highest BCUT2D eigenvalue weighted by Crippen LogP contribution is 1.71. The van der Waals surface area contributed by atoms with Crippen LogP contribution in [0.25, 0.3) is 0 Å². The van der Waals surface area contributed by atoms with Crippen LogP contribution in [0.4, 0.5) is 0 Å². The minimum Gasteiger partial charge on any atom is -0.395 e. The molecule has 0 aromatic heterocycles. The Hall–Kier alpha value is -0.200. The molecule has 0 aliphatic rings. The van der Waals surface area contributed by atoms with Crippen molar-refractivity contribution in [1.82, 2.24) is 5.32 Å². The molecular formula is C6H17NO4. The summed E-state index contributed by atoms with van der Waals surface area (Å²) in [5, 5.41) is 34.8. The first kappa shape index (κ1) is 13.4. The van der Waals surface area contributed by atoms with Gasteiger partial charge in [-0.15, -0.1) is 0 Å². The minimum absolute atomic E-state index is 0.233. The molecule has 70 valence electrons. The number of aliphatic hydroxyl groups excluding tert-OH is 4. The number of nitrogens with one attached hydrogen (secondary N) is 1. The van der Waals surface area contributed by atoms with Crippen LogP contribution in [0.15, 0.2) is 0 Å². The van der Waals surface area contributed by atoms with E-state index in [2.05, 4.69) is 5.32 Å². The van der Waals surface area contributed by atoms with Crippen molar-refractivity contribution in [3.05, 3.63) is 0 Å². The van der Waals surface area contributed by atoms with E-state index in [9.17, 15) is 0 Å². The Kier molecular flexibility index (Phi) is 15.2. The van der Waals surface area contributed by atoms with Gasteiger partial charge in [0, 0.05) is 6.54 Å². The van der Waals surface area contributed by atoms with Crippen LogP contribution in [0.3, 0.4) is 0 Å². The third-order valence-corrected chi connectivity index (χ3v) is 0.783. The molecule has 0 unspecified atom stereocenters. The smallest absolute Gasteiger partial charge is 0.100 e. The molecule has 5 heteroatoms. The fraction of sp³-hybridized carbons (Fsp3) is 1.00. The van der Waals surface area contributed by atoms with E-state index in [1.807, 2.05) is 0 Å². The van der Waals surface area contributed by atoms with Gasteiger partial charge in [-0.2, -0.15) is 0 Å². The van der Waals surface area contributed by atoms with Crippen molar-refractivity contribution in [1.29, 1.82) is 0 Å². The maximum atomic E-state index is 8.17. The zero-order chi connectivity index (χ0) is 9.11. The summed E-state index contributed by atoms with van der Waals surface area (Å²) in [4.78, 5) is 0. The Morgan fingerprint density at radius 2 is 1.64 bits per heavy atom. The second-order valence-corrected chi connectivity index (χ2v) is 1.85. The number of rotatable bonds is 4. The zero-order valence-electron chi connectivity index (χ0n) is 6.69. The van der Waals surface area contributed by atoms with Crippen LogP contribution >= 0.6 is 0 Å². The lowest BCUT2D eigenvalue weighted by atomic mass is 10.4. The zero-order valence-corrected chi connectivity index (χ0v) is 6.69. The van der Waals surface area contributed by atoms with E-state index >= 15 is 0 Å². The minimum atomic E-state index is -0.954. The Morgan fingerprint density at radius 1 is 1.18 bits per heavy atom. The molecule has 0 radical (unpaired) electrons. The first-order chi connectivity index (χ1) is 5.22. The largest absolute Gasteiger partial charge is 0.395 e. The number of hydrogen-bond acceptors (Lipinski definition) is 5. The van der Waals surface area contributed by atoms with E-state index in [1.54, 1.807) is 7.05 Å². The van der Waals surface area contributed by atoms with E-state index in [1.165, 1.54) is 0 Å². The highest BCUT2D eigenvalue weighted by atomic mass is 16.3. The van der Waals surface area contributed by atoms with Crippen LogP contribution in [0.2, 0.25) is 0 Å². The molecule has 0 aliphatic heterocycles. The Labute approximate surface area is 66.3 Å². The Bertz CT molecular complexity index is 56.5. The molecule has 0 aromatic carbocycles. The van der Waals surface area contributed by atoms with E-state index in [-0.39, 0.29) is 19.8 Å². The van der Waals surface area contributed by atoms with Gasteiger partial charge in [-0.1, -0.05) is 0 Å². The summed E-state index contributed by atoms with van der Waals surface area (Å²) in [5.74, 6) is 0. The van der Waals surface area contributed by atoms with Gasteiger partial charge in [0.1, 0.15) is 6.10 Å². The second kappa shape index (κ2) is 12.5. The molecular weight excluding hydrogens is 150 g/mol. The van der Waals surface area contributed by atoms with Gasteiger partial charge >= 0.3 is 0 Å². The molecule has 0 bridgehead atoms. The molecule has 0 aliphatic carbocycles. The molecule has 11 heavy (non-hydrogen) atoms. The normalized spacial score (nSPS) is 9.27. The van der Waals surface area contributed by atoms with Crippen molar-refractivity contribution in [2.24, 2.45) is 0 Å². The molecule has 0 saturated carbocycles. The predicted molar refractivity (Wildman–Crippen MR) is 41.2 cm³/mol. The van der Waals surface area contributed by atoms with Gasteiger partial charge in [0.15, 0.2) is 0 Å². The molecule has 0 atom stereocenters. The molecule has 5 N–H and O–H groups in total. The van der Waals surface area contributed by atoms with Crippen LogP contribution in [0.5, 0.6) is 0 Å². The second-order valence-electron chi connectivity index (χ2n) is 1.85. The van der Waals surface area contributed by atoms with Gasteiger partial charge in [-0.25, -0.2) is 0 Å². The molecule has 0 aromatic rings. The van der Waals surface area contributed by atoms with Crippen molar-refractivity contribution in [3.8, 4) is 0 Å². The summed E-state index contributed by atoms with van der Waals surface area (Å²) in [6.45, 7) is 0.198. The monoisotopic (exact) mass is 167 g/mol. The van der Waals surface area contributed by atoms with Gasteiger partial charge in [-0.3, -0.25) is 0 Å². The number of aliphatic hydroxyl groups is 4. The van der Waals surface area contributed by atoms with Crippen LogP contribution in [-0.4, -0.2) is 59.9 Å². The molecule has 0 rings (SSSR count). The fourth-order valence-corrected chi connectivity index (χ4v) is 0.170. The summed E-state index contributed by atoms with van der Waals surface area (Å²) >= 11 is 0. The first-order valence-corrected chi connectivity index (χ1v) is 3.38. The van der Waals surface area contributed by atoms with Crippen molar-refractivity contribution in [2.45, 2.75) is 6.10 Å². The standard InChI is InChI=1S/C3H9NO.C3H8O3/c1-4-2-3-5;4-1-3(6)2-5/h4-5H,2-3H2,1H3;3-6H,1-2H2. The third-order valence-electron chi connectivity index (χ3n) is 0.783. The van der Waals surface area contributed by atoms with E-state index in [0.29, 0.717) is 6.54 Å². The highest BCUT2D eigenvalue weighted by molar-refractivity contribution is 4.44. The maximum Gasteiger partial charge on any atom is 0.100 e. The molecule has 0 spiro atoms. The maximum absolute atomic E-state index is 8.17. The van der Waals surface area contributed by atoms with Gasteiger partial charge in [0.05, 0.1) is 19.8 Å². The van der Waals surface area contributed by atoms with E-state index in [0.717, 1.165) is 0 Å². The average Bonchev–Trinajstić information content (AvgIpc) is 2.06. The summed E-state index contributed by atoms with van der Waals surface area (Å²) in [5.41, 5.74) is 0. The summed E-state index contributed by atoms with van der Waals surface area (Å²) < 4.78 is 0. The molecule has 0 saturated heterocycles. The molecule has 5 nitrogen and oxygen atoms in total. The highest BCUT2D eigenvalue weighted by Gasteiger charge is 1.93. The quantitative estimate of drug-likeness (QED) is 0.320. The summed E-state index contributed by atoms with van der Waals surface area (Å²) in [6.07, 6.45) is -0.954. The van der Waals surface area contributed by atoms with Crippen molar-refractivity contribution in [2.75, 3.05) is 33.4 Å². The van der Waals surface area contributed by atoms with Gasteiger partial charge in [-0.05, 0) is 7.05 Å². The van der Waals surface area contributed by atoms with Crippen LogP contribution in [0, 0.1) is 0 Å². The fourth-order valence-electron chi connectivity index (χ4n) is 0.170. The topological polar surface area (TPSA) is 93.0 Å². The first-order valence-electron chi connectivity index (χ1n) is 3.38. The summed E-state index contributed by atoms with van der Waals surface area (Å²) in [6, 6.07) is 0. The Morgan fingerprint density at radius 3 is 1.64 bits per heavy atom. The van der Waals surface area contributed by atoms with Crippen molar-refractivity contribution in [3.63, 3.8) is 0 Å². The lowest BCUT2D eigenvalue weighted by Crippen LogP contribution is -2.15. The van der Waals surface area contributed by atoms with Gasteiger partial charge in [0.25, 0.3) is 0 Å². The lowest BCUT2D eigenvalue weighted by Gasteiger charge is -1.96. The van der Waals surface area contributed by atoms with Gasteiger partial charge in [0.2, 0.25) is 0 Å². The van der Waals surface area contributed by atoms with Crippen molar-refractivity contribution < 1.29 is 20.4 Å². The summed E-state index contributed by atoms with van der Waals surface area (Å²) in [7, 11) is 1.80. The lowest BCUT2D eigenvalue weighted by molar-refractivity contribution is 0.0450. The average molecular weight is 167 g/mol. The number of likely N-dealkylation sites (N-methyl/N-ethyl adjacent to an activating group) is 1. The SMILES string of the molecule is CNCCO.OCC(O)CO. The Balaban J connectivity index is 0. The third kappa shape index (κ3) is 17.7. The van der Waals surface area contributed by atoms with Crippen LogP contribution in [0.1, 0.15) is 0 Å². The number of hydrogen-bond donors (Lipinski definition) is 5. The van der Waals surface area contributed by atoms with E-state index < -0.39 is 6.10 Å². The van der Waals surface area contributed by atoms with Crippen LogP contribution < -0.4 is 5.32 Å².